The molecule has 1 aromatic carbocycles. The number of imidazole rings is 1. The summed E-state index contributed by atoms with van der Waals surface area (Å²) >= 11 is 0. The number of nitrogens with zero attached hydrogens (tertiary/aromatic N) is 3. The van der Waals surface area contributed by atoms with E-state index in [2.05, 4.69) is 11.9 Å². The first-order valence-corrected chi connectivity index (χ1v) is 14.6. The Hall–Kier alpha value is -2.89. The molecule has 0 spiro atoms. The molecule has 0 aliphatic heterocycles. The fourth-order valence-electron chi connectivity index (χ4n) is 4.34. The number of benzene rings is 1. The number of carbonyl (C=O) groups excluding carboxylic acids is 2. The van der Waals surface area contributed by atoms with E-state index in [1.165, 1.54) is 87.6 Å². The maximum atomic E-state index is 13.0. The van der Waals surface area contributed by atoms with Gasteiger partial charge in [0.05, 0.1) is 0 Å². The molecule has 2 aromatic rings. The lowest BCUT2D eigenvalue weighted by molar-refractivity contribution is 0.0579. The number of anilines is 1. The second kappa shape index (κ2) is 17.6. The number of aromatic nitrogens is 2. The molecule has 6 nitrogen and oxygen atoms in total. The van der Waals surface area contributed by atoms with Crippen molar-refractivity contribution >= 4 is 23.8 Å². The molecule has 6 heteroatoms. The summed E-state index contributed by atoms with van der Waals surface area (Å²) < 4.78 is 7.11. The molecule has 38 heavy (non-hydrogen) atoms. The third-order valence-electron chi connectivity index (χ3n) is 6.48. The van der Waals surface area contributed by atoms with Crippen LogP contribution in [-0.2, 0) is 4.74 Å². The summed E-state index contributed by atoms with van der Waals surface area (Å²) in [5.74, 6) is -0.163. The highest BCUT2D eigenvalue weighted by Crippen LogP contribution is 2.21. The molecule has 1 amide bonds. The predicted molar refractivity (Wildman–Crippen MR) is 158 cm³/mol. The van der Waals surface area contributed by atoms with Crippen LogP contribution in [0.25, 0.3) is 6.08 Å². The van der Waals surface area contributed by atoms with Gasteiger partial charge in [-0.1, -0.05) is 96.1 Å². The minimum absolute atomic E-state index is 0.163. The summed E-state index contributed by atoms with van der Waals surface area (Å²) in [5.41, 5.74) is 1.13. The van der Waals surface area contributed by atoms with Crippen LogP contribution in [0.2, 0.25) is 0 Å². The highest BCUT2D eigenvalue weighted by molar-refractivity contribution is 5.93. The molecule has 0 saturated heterocycles. The molecule has 1 heterocycles. The Bertz CT molecular complexity index is 943. The molecule has 0 fully saturated rings. The van der Waals surface area contributed by atoms with E-state index in [0.717, 1.165) is 24.1 Å². The Morgan fingerprint density at radius 1 is 0.868 bits per heavy atom. The first-order chi connectivity index (χ1) is 18.3. The second-order valence-electron chi connectivity index (χ2n) is 11.1. The van der Waals surface area contributed by atoms with Crippen molar-refractivity contribution in [2.24, 2.45) is 0 Å². The number of unbranched alkanes of at least 4 members (excludes halogenated alkanes) is 12. The molecule has 0 N–H and O–H groups in total. The van der Waals surface area contributed by atoms with Gasteiger partial charge < -0.3 is 4.74 Å². The number of hydrogen-bond acceptors (Lipinski definition) is 4. The number of ether oxygens (including phenoxy) is 1. The average Bonchev–Trinajstić information content (AvgIpc) is 3.42. The molecule has 0 radical (unpaired) electrons. The van der Waals surface area contributed by atoms with E-state index in [1.807, 2.05) is 45.0 Å². The van der Waals surface area contributed by atoms with Crippen LogP contribution >= 0.6 is 0 Å². The summed E-state index contributed by atoms with van der Waals surface area (Å²) in [4.78, 5) is 30.7. The minimum atomic E-state index is -0.554. The minimum Gasteiger partial charge on any atom is -0.443 e. The van der Waals surface area contributed by atoms with Crippen LogP contribution in [0.1, 0.15) is 122 Å². The first-order valence-electron chi connectivity index (χ1n) is 14.6. The van der Waals surface area contributed by atoms with Gasteiger partial charge in [-0.05, 0) is 51.0 Å². The van der Waals surface area contributed by atoms with Gasteiger partial charge in [0, 0.05) is 30.7 Å². The molecule has 0 saturated carbocycles. The lowest BCUT2D eigenvalue weighted by Gasteiger charge is -2.27. The molecule has 0 unspecified atom stereocenters. The van der Waals surface area contributed by atoms with Crippen molar-refractivity contribution in [2.75, 3.05) is 11.4 Å². The van der Waals surface area contributed by atoms with Crippen molar-refractivity contribution in [3.63, 3.8) is 0 Å². The SMILES string of the molecule is CCCCCCCCCCCCCCCN(C(=O)OC(C)(C)C)c1ccc(/C=C/C(=O)n2ccnc2)cc1. The van der Waals surface area contributed by atoms with E-state index >= 15 is 0 Å². The Morgan fingerprint density at radius 3 is 1.92 bits per heavy atom. The predicted octanol–water partition coefficient (Wildman–Crippen LogP) is 9.07. The van der Waals surface area contributed by atoms with Crippen LogP contribution in [0, 0.1) is 0 Å². The summed E-state index contributed by atoms with van der Waals surface area (Å²) in [6, 6.07) is 7.64. The Kier molecular flexibility index (Phi) is 14.5. The van der Waals surface area contributed by atoms with Crippen molar-refractivity contribution < 1.29 is 14.3 Å². The van der Waals surface area contributed by atoms with E-state index in [9.17, 15) is 9.59 Å². The van der Waals surface area contributed by atoms with Crippen molar-refractivity contribution in [3.05, 3.63) is 54.6 Å². The average molecular weight is 524 g/mol. The summed E-state index contributed by atoms with van der Waals surface area (Å²) in [6.07, 6.45) is 24.4. The zero-order valence-electron chi connectivity index (χ0n) is 24.2. The molecule has 210 valence electrons. The van der Waals surface area contributed by atoms with Gasteiger partial charge in [0.25, 0.3) is 5.91 Å². The van der Waals surface area contributed by atoms with Crippen LogP contribution in [0.4, 0.5) is 10.5 Å². The number of amides is 1. The highest BCUT2D eigenvalue weighted by atomic mass is 16.6. The van der Waals surface area contributed by atoms with Gasteiger partial charge in [0.1, 0.15) is 11.9 Å². The highest BCUT2D eigenvalue weighted by Gasteiger charge is 2.23. The van der Waals surface area contributed by atoms with E-state index in [0.29, 0.717) is 6.54 Å². The van der Waals surface area contributed by atoms with Crippen LogP contribution < -0.4 is 4.90 Å². The number of rotatable bonds is 17. The quantitative estimate of drug-likeness (QED) is 0.153. The van der Waals surface area contributed by atoms with E-state index < -0.39 is 5.60 Å². The van der Waals surface area contributed by atoms with Crippen molar-refractivity contribution in [3.8, 4) is 0 Å². The molecule has 0 bridgehead atoms. The smallest absolute Gasteiger partial charge is 0.414 e. The van der Waals surface area contributed by atoms with Gasteiger partial charge in [-0.25, -0.2) is 9.78 Å². The van der Waals surface area contributed by atoms with E-state index in [-0.39, 0.29) is 12.0 Å². The second-order valence-corrected chi connectivity index (χ2v) is 11.1. The van der Waals surface area contributed by atoms with Gasteiger partial charge in [-0.2, -0.15) is 0 Å². The largest absolute Gasteiger partial charge is 0.443 e. The van der Waals surface area contributed by atoms with Gasteiger partial charge in [-0.15, -0.1) is 0 Å². The maximum absolute atomic E-state index is 13.0. The lowest BCUT2D eigenvalue weighted by atomic mass is 10.0. The maximum Gasteiger partial charge on any atom is 0.414 e. The van der Waals surface area contributed by atoms with Crippen molar-refractivity contribution in [1.82, 2.24) is 9.55 Å². The van der Waals surface area contributed by atoms with Gasteiger partial charge in [0.2, 0.25) is 0 Å². The summed E-state index contributed by atoms with van der Waals surface area (Å²) in [7, 11) is 0. The molecule has 1 aromatic heterocycles. The normalized spacial score (nSPS) is 11.7. The standard InChI is InChI=1S/C32H49N3O3/c1-5-6-7-8-9-10-11-12-13-14-15-16-17-25-35(31(37)38-32(2,3)4)29-21-18-28(19-22-29)20-23-30(36)34-26-24-33-27-34/h18-24,26-27H,5-17,25H2,1-4H3/b23-20+. The number of allylic oxidation sites excluding steroid dienone is 1. The van der Waals surface area contributed by atoms with E-state index in [1.54, 1.807) is 23.4 Å². The third-order valence-corrected chi connectivity index (χ3v) is 6.48. The van der Waals surface area contributed by atoms with Gasteiger partial charge in [0.15, 0.2) is 0 Å². The zero-order valence-corrected chi connectivity index (χ0v) is 24.2. The van der Waals surface area contributed by atoms with Gasteiger partial charge >= 0.3 is 6.09 Å². The fourth-order valence-corrected chi connectivity index (χ4v) is 4.34. The van der Waals surface area contributed by atoms with Crippen LogP contribution in [-0.4, -0.2) is 33.7 Å². The van der Waals surface area contributed by atoms with E-state index in [4.69, 9.17) is 4.74 Å². The topological polar surface area (TPSA) is 64.4 Å². The van der Waals surface area contributed by atoms with Crippen molar-refractivity contribution in [2.45, 2.75) is 117 Å². The van der Waals surface area contributed by atoms with Crippen LogP contribution in [0.3, 0.4) is 0 Å². The third kappa shape index (κ3) is 13.1. The molecule has 2 rings (SSSR count). The first kappa shape index (κ1) is 31.3. The zero-order chi connectivity index (χ0) is 27.6. The molecule has 0 atom stereocenters. The Morgan fingerprint density at radius 2 is 1.42 bits per heavy atom. The van der Waals surface area contributed by atoms with Crippen LogP contribution in [0.15, 0.2) is 49.1 Å². The number of carbonyl (C=O) groups is 2. The van der Waals surface area contributed by atoms with Gasteiger partial charge in [-0.3, -0.25) is 14.3 Å². The molecule has 0 aliphatic carbocycles. The molecular formula is C32H49N3O3. The summed E-state index contributed by atoms with van der Waals surface area (Å²) in [6.45, 7) is 8.56. The van der Waals surface area contributed by atoms with Crippen LogP contribution in [0.5, 0.6) is 0 Å². The van der Waals surface area contributed by atoms with Crippen molar-refractivity contribution in [1.29, 1.82) is 0 Å². The Labute approximate surface area is 230 Å². The molecule has 0 aliphatic rings. The monoisotopic (exact) mass is 523 g/mol. The fraction of sp³-hybridized carbons (Fsp3) is 0.594. The molecular weight excluding hydrogens is 474 g/mol. The number of hydrogen-bond donors (Lipinski definition) is 0. The Balaban J connectivity index is 1.78. The summed E-state index contributed by atoms with van der Waals surface area (Å²) in [5, 5.41) is 0. The lowest BCUT2D eigenvalue weighted by Crippen LogP contribution is -2.37.